The smallest absolute Gasteiger partial charge is 0.0221 e. The maximum atomic E-state index is 3.41. The van der Waals surface area contributed by atoms with Crippen molar-refractivity contribution < 1.29 is 20.0 Å². The molecule has 1 unspecified atom stereocenters. The van der Waals surface area contributed by atoms with Crippen molar-refractivity contribution in [3.8, 4) is 0 Å². The van der Waals surface area contributed by atoms with Crippen LogP contribution in [0, 0.1) is 0 Å². The molecule has 0 amide bonds. The monoisotopic (exact) mass is 207 g/mol. The third kappa shape index (κ3) is 2.94. The minimum atomic E-state index is 0. The van der Waals surface area contributed by atoms with Crippen molar-refractivity contribution in [2.24, 2.45) is 0 Å². The average molecular weight is 207 g/mol. The molecule has 0 aromatic carbocycles. The van der Waals surface area contributed by atoms with Gasteiger partial charge in [-0.15, -0.1) is 13.2 Å². The van der Waals surface area contributed by atoms with Gasteiger partial charge in [-0.25, -0.2) is 0 Å². The van der Waals surface area contributed by atoms with Crippen molar-refractivity contribution in [3.63, 3.8) is 0 Å². The Morgan fingerprint density at radius 1 is 1.33 bits per heavy atom. The third-order valence-electron chi connectivity index (χ3n) is 2.45. The van der Waals surface area contributed by atoms with Gasteiger partial charge in [-0.05, 0) is 19.4 Å². The summed E-state index contributed by atoms with van der Waals surface area (Å²) in [6.07, 6.45) is 2.85. The van der Waals surface area contributed by atoms with Crippen LogP contribution in [-0.2, 0) is 18.6 Å². The molecule has 0 aromatic rings. The minimum absolute atomic E-state index is 0. The second-order valence-corrected chi connectivity index (χ2v) is 3.04. The largest absolute Gasteiger partial charge is 0.314 e. The van der Waals surface area contributed by atoms with Gasteiger partial charge in [0, 0.05) is 45.7 Å². The maximum absolute atomic E-state index is 3.41. The van der Waals surface area contributed by atoms with E-state index >= 15 is 0 Å². The van der Waals surface area contributed by atoms with E-state index in [1.165, 1.54) is 39.0 Å². The molecule has 71 valence electrons. The first-order valence-electron chi connectivity index (χ1n) is 4.41. The molecule has 0 saturated carbocycles. The molecule has 12 heavy (non-hydrogen) atoms. The first kappa shape index (κ1) is 12.2. The van der Waals surface area contributed by atoms with Gasteiger partial charge in [0.25, 0.3) is 0 Å². The predicted octanol–water partition coefficient (Wildman–Crippen LogP) is 1.10. The molecule has 0 aliphatic carbocycles. The van der Waals surface area contributed by atoms with Gasteiger partial charge in [0.15, 0.2) is 0 Å². The number of hydrogen-bond donors (Lipinski definition) is 1. The molecular formula is C9H20N2V. The van der Waals surface area contributed by atoms with Crippen molar-refractivity contribution in [3.05, 3.63) is 13.2 Å². The number of nitrogens with one attached hydrogen (secondary N) is 1. The zero-order valence-electron chi connectivity index (χ0n) is 7.63. The Hall–Kier alpha value is 0.244. The number of rotatable bonds is 0. The molecule has 1 N–H and O–H groups in total. The van der Waals surface area contributed by atoms with Crippen LogP contribution in [0.1, 0.15) is 14.3 Å². The summed E-state index contributed by atoms with van der Waals surface area (Å²) >= 11 is 0. The zero-order chi connectivity index (χ0) is 8.10. The number of nitrogens with zero attached hydrogens (tertiary/aromatic N) is 1. The summed E-state index contributed by atoms with van der Waals surface area (Å²) in [5.41, 5.74) is 0. The molecule has 0 aromatic heterocycles. The topological polar surface area (TPSA) is 15.3 Å². The van der Waals surface area contributed by atoms with Gasteiger partial charge in [-0.2, -0.15) is 0 Å². The predicted molar refractivity (Wildman–Crippen MR) is 50.8 cm³/mol. The van der Waals surface area contributed by atoms with E-state index in [9.17, 15) is 0 Å². The Balaban J connectivity index is 0. The van der Waals surface area contributed by atoms with Crippen LogP contribution in [0.3, 0.4) is 0 Å². The average Bonchev–Trinajstić information content (AvgIpc) is 2.55. The molecule has 2 nitrogen and oxygen atoms in total. The Morgan fingerprint density at radius 2 is 2.08 bits per heavy atom. The number of piperazine rings is 1. The first-order chi connectivity index (χ1) is 5.47. The summed E-state index contributed by atoms with van der Waals surface area (Å²) in [5, 5.41) is 3.41. The van der Waals surface area contributed by atoms with E-state index in [0.717, 1.165) is 6.04 Å². The van der Waals surface area contributed by atoms with Gasteiger partial charge >= 0.3 is 0 Å². The molecule has 2 saturated heterocycles. The zero-order valence-corrected chi connectivity index (χ0v) is 9.03. The molecule has 3 heteroatoms. The van der Waals surface area contributed by atoms with E-state index in [4.69, 9.17) is 0 Å². The molecule has 2 rings (SSSR count). The first-order valence-corrected chi connectivity index (χ1v) is 4.41. The normalized spacial score (nSPS) is 27.8. The van der Waals surface area contributed by atoms with Gasteiger partial charge in [-0.3, -0.25) is 4.90 Å². The quantitative estimate of drug-likeness (QED) is 0.598. The molecule has 2 heterocycles. The fourth-order valence-electron chi connectivity index (χ4n) is 1.91. The second kappa shape index (κ2) is 6.73. The summed E-state index contributed by atoms with van der Waals surface area (Å²) < 4.78 is 0. The maximum Gasteiger partial charge on any atom is 0.0221 e. The standard InChI is InChI=1S/C7H14N2.C2H4.V.H2/c1-2-7-6-8-3-5-9(7)4-1;1-2;;/h7-8H,1-6H2;1-2H2;;1H. The van der Waals surface area contributed by atoms with Crippen LogP contribution in [0.15, 0.2) is 13.2 Å². The van der Waals surface area contributed by atoms with Gasteiger partial charge in [0.05, 0.1) is 0 Å². The fourth-order valence-corrected chi connectivity index (χ4v) is 1.91. The molecule has 1 radical (unpaired) electrons. The SMILES string of the molecule is C1CC2CNCCN2C1.C=C.[HH].[V]. The molecule has 2 aliphatic rings. The van der Waals surface area contributed by atoms with Gasteiger partial charge in [0.2, 0.25) is 0 Å². The van der Waals surface area contributed by atoms with Gasteiger partial charge in [-0.1, -0.05) is 0 Å². The summed E-state index contributed by atoms with van der Waals surface area (Å²) in [5.74, 6) is 0. The van der Waals surface area contributed by atoms with E-state index in [1.54, 1.807) is 0 Å². The van der Waals surface area contributed by atoms with E-state index < -0.39 is 0 Å². The molecule has 1 atom stereocenters. The summed E-state index contributed by atoms with van der Waals surface area (Å²) in [7, 11) is 0. The van der Waals surface area contributed by atoms with Crippen LogP contribution >= 0.6 is 0 Å². The van der Waals surface area contributed by atoms with E-state index in [1.807, 2.05) is 0 Å². The number of hydrogen-bond acceptors (Lipinski definition) is 2. The Kier molecular flexibility index (Phi) is 6.86. The van der Waals surface area contributed by atoms with E-state index in [0.29, 0.717) is 0 Å². The molecule has 2 aliphatic heterocycles. The number of fused-ring (bicyclic) bond motifs is 1. The Bertz CT molecular complexity index is 112. The minimum Gasteiger partial charge on any atom is -0.314 e. The van der Waals surface area contributed by atoms with E-state index in [-0.39, 0.29) is 20.0 Å². The van der Waals surface area contributed by atoms with Crippen molar-refractivity contribution in [1.29, 1.82) is 0 Å². The molecule has 0 spiro atoms. The van der Waals surface area contributed by atoms with Crippen LogP contribution < -0.4 is 5.32 Å². The van der Waals surface area contributed by atoms with Gasteiger partial charge < -0.3 is 5.32 Å². The van der Waals surface area contributed by atoms with Crippen LogP contribution in [-0.4, -0.2) is 37.1 Å². The van der Waals surface area contributed by atoms with Crippen LogP contribution in [0.5, 0.6) is 0 Å². The fraction of sp³-hybridized carbons (Fsp3) is 0.778. The third-order valence-corrected chi connectivity index (χ3v) is 2.45. The molecule has 2 fully saturated rings. The van der Waals surface area contributed by atoms with Crippen molar-refractivity contribution in [2.45, 2.75) is 18.9 Å². The van der Waals surface area contributed by atoms with Crippen LogP contribution in [0.2, 0.25) is 0 Å². The Morgan fingerprint density at radius 3 is 2.75 bits per heavy atom. The summed E-state index contributed by atoms with van der Waals surface area (Å²) in [6.45, 7) is 11.1. The van der Waals surface area contributed by atoms with Crippen molar-refractivity contribution in [1.82, 2.24) is 10.2 Å². The van der Waals surface area contributed by atoms with Crippen molar-refractivity contribution in [2.75, 3.05) is 26.2 Å². The van der Waals surface area contributed by atoms with Crippen LogP contribution in [0.4, 0.5) is 0 Å². The van der Waals surface area contributed by atoms with Gasteiger partial charge in [0.1, 0.15) is 0 Å². The molecular weight excluding hydrogens is 187 g/mol. The van der Waals surface area contributed by atoms with Crippen molar-refractivity contribution >= 4 is 0 Å². The Labute approximate surface area is 88.8 Å². The second-order valence-electron chi connectivity index (χ2n) is 3.04. The van der Waals surface area contributed by atoms with Crippen LogP contribution in [0.25, 0.3) is 0 Å². The van der Waals surface area contributed by atoms with E-state index in [2.05, 4.69) is 23.4 Å². The summed E-state index contributed by atoms with van der Waals surface area (Å²) in [6, 6.07) is 0.888. The summed E-state index contributed by atoms with van der Waals surface area (Å²) in [4.78, 5) is 2.61. The molecule has 0 bridgehead atoms.